The lowest BCUT2D eigenvalue weighted by Gasteiger charge is -2.24. The number of nitrogens with one attached hydrogen (secondary N) is 4. The standard InChI is InChI=1S/C33H52N4O8/c1-31(2,3)43-28(40)34-19-11-13-21-17-18-24-25(27(39)37-26(24)38)23(21)16-10-14-22(36-30(42)45-33(7,8)9)15-12-20-35-29(41)44-32(4,5)6/h17-18,22H,10-16,19-20H2,1-9H3,(H,34,40)(H,35,41)(H,36,42)(H,37,38,39). The quantitative estimate of drug-likeness (QED) is 0.125. The van der Waals surface area contributed by atoms with Gasteiger partial charge in [-0.25, -0.2) is 14.4 Å². The predicted octanol–water partition coefficient (Wildman–Crippen LogP) is 5.55. The van der Waals surface area contributed by atoms with Gasteiger partial charge in [-0.05, 0) is 124 Å². The maximum atomic E-state index is 12.8. The summed E-state index contributed by atoms with van der Waals surface area (Å²) in [6.07, 6.45) is 2.51. The van der Waals surface area contributed by atoms with Crippen LogP contribution in [0.1, 0.15) is 126 Å². The van der Waals surface area contributed by atoms with Crippen LogP contribution < -0.4 is 21.3 Å². The van der Waals surface area contributed by atoms with Gasteiger partial charge < -0.3 is 30.2 Å². The molecule has 1 aromatic carbocycles. The summed E-state index contributed by atoms with van der Waals surface area (Å²) in [5.41, 5.74) is 0.584. The van der Waals surface area contributed by atoms with Crippen LogP contribution in [-0.4, -0.2) is 66.0 Å². The Morgan fingerprint density at radius 3 is 1.76 bits per heavy atom. The molecule has 0 bridgehead atoms. The fourth-order valence-electron chi connectivity index (χ4n) is 4.82. The van der Waals surface area contributed by atoms with Crippen LogP contribution in [0.4, 0.5) is 14.4 Å². The Labute approximate surface area is 267 Å². The topological polar surface area (TPSA) is 161 Å². The first-order chi connectivity index (χ1) is 20.7. The first kappa shape index (κ1) is 37.4. The van der Waals surface area contributed by atoms with Crippen LogP contribution in [0.5, 0.6) is 0 Å². The lowest BCUT2D eigenvalue weighted by molar-refractivity contribution is 0.0485. The predicted molar refractivity (Wildman–Crippen MR) is 170 cm³/mol. The van der Waals surface area contributed by atoms with E-state index in [4.69, 9.17) is 14.2 Å². The molecule has 0 aliphatic carbocycles. The van der Waals surface area contributed by atoms with Gasteiger partial charge in [-0.1, -0.05) is 6.07 Å². The Morgan fingerprint density at radius 2 is 1.20 bits per heavy atom. The molecule has 252 valence electrons. The second-order valence-electron chi connectivity index (χ2n) is 14.2. The second-order valence-corrected chi connectivity index (χ2v) is 14.2. The van der Waals surface area contributed by atoms with Crippen molar-refractivity contribution in [2.45, 2.75) is 130 Å². The van der Waals surface area contributed by atoms with Crippen LogP contribution >= 0.6 is 0 Å². The fraction of sp³-hybridized carbons (Fsp3) is 0.667. The molecule has 5 amide bonds. The van der Waals surface area contributed by atoms with E-state index in [9.17, 15) is 24.0 Å². The summed E-state index contributed by atoms with van der Waals surface area (Å²) in [6.45, 7) is 16.9. The Kier molecular flexibility index (Phi) is 13.2. The van der Waals surface area contributed by atoms with Crippen LogP contribution in [0.2, 0.25) is 0 Å². The zero-order chi connectivity index (χ0) is 34.0. The highest BCUT2D eigenvalue weighted by molar-refractivity contribution is 6.22. The zero-order valence-corrected chi connectivity index (χ0v) is 28.4. The van der Waals surface area contributed by atoms with E-state index >= 15 is 0 Å². The zero-order valence-electron chi connectivity index (χ0n) is 28.4. The third-order valence-corrected chi connectivity index (χ3v) is 6.50. The van der Waals surface area contributed by atoms with Gasteiger partial charge in [0.25, 0.3) is 11.8 Å². The molecule has 12 nitrogen and oxygen atoms in total. The van der Waals surface area contributed by atoms with Gasteiger partial charge in [-0.2, -0.15) is 0 Å². The van der Waals surface area contributed by atoms with E-state index < -0.39 is 46.9 Å². The molecule has 1 heterocycles. The molecule has 0 saturated heterocycles. The van der Waals surface area contributed by atoms with E-state index in [0.29, 0.717) is 69.2 Å². The van der Waals surface area contributed by atoms with E-state index in [1.54, 1.807) is 68.4 Å². The van der Waals surface area contributed by atoms with E-state index in [1.807, 2.05) is 6.07 Å². The van der Waals surface area contributed by atoms with Crippen molar-refractivity contribution in [1.82, 2.24) is 21.3 Å². The van der Waals surface area contributed by atoms with Gasteiger partial charge >= 0.3 is 18.3 Å². The van der Waals surface area contributed by atoms with Crippen LogP contribution in [0.25, 0.3) is 0 Å². The smallest absolute Gasteiger partial charge is 0.407 e. The van der Waals surface area contributed by atoms with Gasteiger partial charge in [0.05, 0.1) is 11.1 Å². The number of amides is 5. The lowest BCUT2D eigenvalue weighted by Crippen LogP contribution is -2.40. The highest BCUT2D eigenvalue weighted by atomic mass is 16.6. The molecule has 0 aromatic heterocycles. The third-order valence-electron chi connectivity index (χ3n) is 6.50. The second kappa shape index (κ2) is 15.9. The molecule has 4 N–H and O–H groups in total. The minimum absolute atomic E-state index is 0.256. The van der Waals surface area contributed by atoms with Crippen molar-refractivity contribution in [3.63, 3.8) is 0 Å². The molecule has 1 aliphatic heterocycles. The molecule has 12 heteroatoms. The van der Waals surface area contributed by atoms with Crippen molar-refractivity contribution in [3.8, 4) is 0 Å². The SMILES string of the molecule is CC(C)(C)OC(=O)NCCCc1ccc2c(c1CCCC(CCCNC(=O)OC(C)(C)C)NC(=O)OC(C)(C)C)C(=O)NC2=O. The van der Waals surface area contributed by atoms with E-state index in [0.717, 1.165) is 11.1 Å². The van der Waals surface area contributed by atoms with Gasteiger partial charge in [0.15, 0.2) is 0 Å². The minimum atomic E-state index is -0.662. The summed E-state index contributed by atoms with van der Waals surface area (Å²) >= 11 is 0. The molecule has 0 spiro atoms. The van der Waals surface area contributed by atoms with Crippen LogP contribution in [0, 0.1) is 0 Å². The van der Waals surface area contributed by atoms with Crippen LogP contribution in [0.3, 0.4) is 0 Å². The lowest BCUT2D eigenvalue weighted by atomic mass is 9.90. The molecule has 2 rings (SSSR count). The van der Waals surface area contributed by atoms with E-state index in [-0.39, 0.29) is 6.04 Å². The molecular formula is C33H52N4O8. The summed E-state index contributed by atoms with van der Waals surface area (Å²) in [6, 6.07) is 3.27. The number of benzene rings is 1. The molecule has 1 aliphatic rings. The Morgan fingerprint density at radius 1 is 0.689 bits per heavy atom. The summed E-state index contributed by atoms with van der Waals surface area (Å²) in [5.74, 6) is -0.841. The molecule has 1 atom stereocenters. The monoisotopic (exact) mass is 632 g/mol. The third kappa shape index (κ3) is 14.2. The average molecular weight is 633 g/mol. The van der Waals surface area contributed by atoms with Crippen molar-refractivity contribution in [2.75, 3.05) is 13.1 Å². The molecule has 45 heavy (non-hydrogen) atoms. The van der Waals surface area contributed by atoms with Gasteiger partial charge in [-0.15, -0.1) is 0 Å². The summed E-state index contributed by atoms with van der Waals surface area (Å²) < 4.78 is 16.0. The molecule has 0 saturated carbocycles. The van der Waals surface area contributed by atoms with Crippen molar-refractivity contribution in [2.24, 2.45) is 0 Å². The maximum absolute atomic E-state index is 12.8. The highest BCUT2D eigenvalue weighted by Crippen LogP contribution is 2.27. The number of carbonyl (C=O) groups excluding carboxylic acids is 5. The highest BCUT2D eigenvalue weighted by Gasteiger charge is 2.31. The Balaban J connectivity index is 2.09. The minimum Gasteiger partial charge on any atom is -0.444 e. The number of fused-ring (bicyclic) bond motifs is 1. The molecule has 1 unspecified atom stereocenters. The van der Waals surface area contributed by atoms with E-state index in [1.165, 1.54) is 0 Å². The van der Waals surface area contributed by atoms with Gasteiger partial charge in [-0.3, -0.25) is 14.9 Å². The van der Waals surface area contributed by atoms with Crippen molar-refractivity contribution in [3.05, 3.63) is 34.4 Å². The Bertz CT molecular complexity index is 1220. The van der Waals surface area contributed by atoms with Crippen LogP contribution in [-0.2, 0) is 27.1 Å². The summed E-state index contributed by atoms with van der Waals surface area (Å²) in [5, 5.41) is 10.8. The summed E-state index contributed by atoms with van der Waals surface area (Å²) in [7, 11) is 0. The molecule has 1 aromatic rings. The van der Waals surface area contributed by atoms with Gasteiger partial charge in [0, 0.05) is 19.1 Å². The maximum Gasteiger partial charge on any atom is 0.407 e. The molecule has 0 radical (unpaired) electrons. The Hall–Kier alpha value is -3.83. The van der Waals surface area contributed by atoms with E-state index in [2.05, 4.69) is 21.3 Å². The van der Waals surface area contributed by atoms with Crippen molar-refractivity contribution in [1.29, 1.82) is 0 Å². The molecular weight excluding hydrogens is 580 g/mol. The number of alkyl carbamates (subject to hydrolysis) is 3. The van der Waals surface area contributed by atoms with Gasteiger partial charge in [0.2, 0.25) is 0 Å². The number of hydrogen-bond acceptors (Lipinski definition) is 8. The number of imide groups is 1. The first-order valence-electron chi connectivity index (χ1n) is 15.7. The number of hydrogen-bond donors (Lipinski definition) is 4. The number of aryl methyl sites for hydroxylation is 1. The first-order valence-corrected chi connectivity index (χ1v) is 15.7. The fourth-order valence-corrected chi connectivity index (χ4v) is 4.82. The molecule has 0 fully saturated rings. The number of carbonyl (C=O) groups is 5. The average Bonchev–Trinajstić information content (AvgIpc) is 3.14. The van der Waals surface area contributed by atoms with Crippen LogP contribution in [0.15, 0.2) is 12.1 Å². The van der Waals surface area contributed by atoms with Crippen molar-refractivity contribution < 1.29 is 38.2 Å². The van der Waals surface area contributed by atoms with Crippen molar-refractivity contribution >= 4 is 30.1 Å². The largest absolute Gasteiger partial charge is 0.444 e. The number of ether oxygens (including phenoxy) is 3. The normalized spacial score (nSPS) is 13.8. The number of rotatable bonds is 13. The summed E-state index contributed by atoms with van der Waals surface area (Å²) in [4.78, 5) is 61.8. The van der Waals surface area contributed by atoms with Gasteiger partial charge in [0.1, 0.15) is 16.8 Å².